The molecule has 2 aromatic rings. The molecule has 0 atom stereocenters. The molecule has 1 aliphatic rings. The molecule has 1 aromatic heterocycles. The van der Waals surface area contributed by atoms with E-state index in [1.165, 1.54) is 0 Å². The number of hydrogen-bond donors (Lipinski definition) is 2. The zero-order valence-corrected chi connectivity index (χ0v) is 14.9. The van der Waals surface area contributed by atoms with Crippen molar-refractivity contribution in [3.8, 4) is 0 Å². The number of nitrogens with one attached hydrogen (secondary N) is 2. The van der Waals surface area contributed by atoms with E-state index in [4.69, 9.17) is 0 Å². The molecule has 0 radical (unpaired) electrons. The van der Waals surface area contributed by atoms with Crippen LogP contribution in [-0.2, 0) is 0 Å². The van der Waals surface area contributed by atoms with Gasteiger partial charge in [0.2, 0.25) is 0 Å². The Hall–Kier alpha value is -1.63. The Morgan fingerprint density at radius 3 is 2.65 bits per heavy atom. The summed E-state index contributed by atoms with van der Waals surface area (Å²) in [5.41, 5.74) is 1.68. The number of piperazine rings is 1. The molecule has 23 heavy (non-hydrogen) atoms. The summed E-state index contributed by atoms with van der Waals surface area (Å²) in [7, 11) is 0. The molecule has 1 aromatic carbocycles. The first-order valence-corrected chi connectivity index (χ1v) is 8.00. The molecule has 122 valence electrons. The Morgan fingerprint density at radius 1 is 1.22 bits per heavy atom. The van der Waals surface area contributed by atoms with Crippen LogP contribution in [0.1, 0.15) is 10.4 Å². The number of amides is 1. The van der Waals surface area contributed by atoms with Gasteiger partial charge in [-0.3, -0.25) is 4.79 Å². The lowest BCUT2D eigenvalue weighted by Gasteiger charge is -2.29. The minimum absolute atomic E-state index is 0. The van der Waals surface area contributed by atoms with Crippen molar-refractivity contribution in [1.29, 1.82) is 0 Å². The van der Waals surface area contributed by atoms with Crippen molar-refractivity contribution >= 4 is 45.7 Å². The van der Waals surface area contributed by atoms with Gasteiger partial charge in [-0.05, 0) is 30.3 Å². The maximum Gasteiger partial charge on any atom is 0.256 e. The van der Waals surface area contributed by atoms with Gasteiger partial charge in [0.25, 0.3) is 5.91 Å². The molecule has 2 N–H and O–H groups in total. The summed E-state index contributed by atoms with van der Waals surface area (Å²) in [6.07, 6.45) is 1.81. The monoisotopic (exact) mass is 396 g/mol. The van der Waals surface area contributed by atoms with Crippen molar-refractivity contribution in [1.82, 2.24) is 10.3 Å². The number of hydrogen-bond acceptors (Lipinski definition) is 4. The first-order valence-electron chi connectivity index (χ1n) is 7.21. The van der Waals surface area contributed by atoms with Crippen molar-refractivity contribution in [2.75, 3.05) is 36.4 Å². The summed E-state index contributed by atoms with van der Waals surface area (Å²) in [6.45, 7) is 3.93. The van der Waals surface area contributed by atoms with Gasteiger partial charge in [0.15, 0.2) is 0 Å². The highest BCUT2D eigenvalue weighted by molar-refractivity contribution is 9.10. The average Bonchev–Trinajstić information content (AvgIpc) is 2.56. The van der Waals surface area contributed by atoms with Crippen molar-refractivity contribution in [3.05, 3.63) is 52.6 Å². The van der Waals surface area contributed by atoms with Crippen LogP contribution >= 0.6 is 28.3 Å². The zero-order chi connectivity index (χ0) is 15.4. The van der Waals surface area contributed by atoms with E-state index in [1.807, 2.05) is 30.5 Å². The van der Waals surface area contributed by atoms with Gasteiger partial charge in [-0.1, -0.05) is 22.0 Å². The lowest BCUT2D eigenvalue weighted by Crippen LogP contribution is -2.43. The fourth-order valence-electron chi connectivity index (χ4n) is 2.39. The highest BCUT2D eigenvalue weighted by Crippen LogP contribution is 2.17. The van der Waals surface area contributed by atoms with Gasteiger partial charge in [0.1, 0.15) is 5.82 Å². The summed E-state index contributed by atoms with van der Waals surface area (Å²) < 4.78 is 0.877. The van der Waals surface area contributed by atoms with Crippen molar-refractivity contribution in [2.45, 2.75) is 0 Å². The number of pyridine rings is 1. The quantitative estimate of drug-likeness (QED) is 0.836. The number of carbonyl (C=O) groups is 1. The molecular weight excluding hydrogens is 380 g/mol. The van der Waals surface area contributed by atoms with Crippen LogP contribution in [0.3, 0.4) is 0 Å². The first-order chi connectivity index (χ1) is 10.7. The fraction of sp³-hybridized carbons (Fsp3) is 0.250. The van der Waals surface area contributed by atoms with Crippen molar-refractivity contribution < 1.29 is 4.79 Å². The van der Waals surface area contributed by atoms with Crippen LogP contribution in [0.15, 0.2) is 47.1 Å². The molecule has 5 nitrogen and oxygen atoms in total. The van der Waals surface area contributed by atoms with E-state index in [2.05, 4.69) is 36.4 Å². The second-order valence-corrected chi connectivity index (χ2v) is 6.02. The molecule has 1 aliphatic heterocycles. The van der Waals surface area contributed by atoms with Gasteiger partial charge in [-0.25, -0.2) is 4.98 Å². The van der Waals surface area contributed by atoms with Crippen molar-refractivity contribution in [3.63, 3.8) is 0 Å². The van der Waals surface area contributed by atoms with Gasteiger partial charge in [0, 0.05) is 36.2 Å². The second kappa shape index (κ2) is 8.29. The minimum Gasteiger partial charge on any atom is -0.368 e. The van der Waals surface area contributed by atoms with E-state index in [9.17, 15) is 4.79 Å². The Balaban J connectivity index is 0.00000192. The number of nitrogens with zero attached hydrogens (tertiary/aromatic N) is 2. The smallest absolute Gasteiger partial charge is 0.256 e. The van der Waals surface area contributed by atoms with Gasteiger partial charge >= 0.3 is 0 Å². The third-order valence-corrected chi connectivity index (χ3v) is 4.05. The Bertz CT molecular complexity index is 659. The molecule has 0 spiro atoms. The third-order valence-electron chi connectivity index (χ3n) is 3.56. The molecule has 0 saturated carbocycles. The molecule has 3 rings (SSSR count). The van der Waals surface area contributed by atoms with Gasteiger partial charge in [-0.15, -0.1) is 12.4 Å². The molecule has 2 heterocycles. The number of aromatic nitrogens is 1. The first kappa shape index (κ1) is 17.7. The molecule has 7 heteroatoms. The highest BCUT2D eigenvalue weighted by atomic mass is 79.9. The van der Waals surface area contributed by atoms with E-state index >= 15 is 0 Å². The minimum atomic E-state index is -0.163. The maximum atomic E-state index is 12.2. The Kier molecular flexibility index (Phi) is 6.38. The summed E-state index contributed by atoms with van der Waals surface area (Å²) in [5.74, 6) is 0.396. The van der Waals surface area contributed by atoms with Crippen LogP contribution < -0.4 is 15.5 Å². The lowest BCUT2D eigenvalue weighted by molar-refractivity contribution is 0.102. The molecule has 1 saturated heterocycles. The van der Waals surface area contributed by atoms with E-state index in [-0.39, 0.29) is 18.3 Å². The Labute approximate surface area is 150 Å². The topological polar surface area (TPSA) is 57.3 Å². The summed E-state index contributed by atoms with van der Waals surface area (Å²) in [5, 5.41) is 6.14. The number of halogens is 2. The van der Waals surface area contributed by atoms with Crippen LogP contribution in [0.5, 0.6) is 0 Å². The van der Waals surface area contributed by atoms with Crippen LogP contribution in [0.4, 0.5) is 11.5 Å². The standard InChI is InChI=1S/C16H17BrN4O.ClH/c17-13-3-1-2-12(10-13)16(22)20-15-5-4-14(11-19-15)21-8-6-18-7-9-21;/h1-5,10-11,18H,6-9H2,(H,19,20,22);1H. The lowest BCUT2D eigenvalue weighted by atomic mass is 10.2. The predicted octanol–water partition coefficient (Wildman–Crippen LogP) is 2.93. The normalized spacial score (nSPS) is 14.0. The Morgan fingerprint density at radius 2 is 2.00 bits per heavy atom. The predicted molar refractivity (Wildman–Crippen MR) is 98.7 cm³/mol. The number of anilines is 2. The number of rotatable bonds is 3. The van der Waals surface area contributed by atoms with Gasteiger partial charge in [-0.2, -0.15) is 0 Å². The van der Waals surface area contributed by atoms with E-state index in [0.717, 1.165) is 36.3 Å². The van der Waals surface area contributed by atoms with E-state index in [1.54, 1.807) is 12.1 Å². The van der Waals surface area contributed by atoms with Crippen LogP contribution in [0, 0.1) is 0 Å². The molecule has 0 aliphatic carbocycles. The maximum absolute atomic E-state index is 12.2. The molecule has 0 unspecified atom stereocenters. The van der Waals surface area contributed by atoms with E-state index in [0.29, 0.717) is 11.4 Å². The van der Waals surface area contributed by atoms with E-state index < -0.39 is 0 Å². The highest BCUT2D eigenvalue weighted by Gasteiger charge is 2.11. The summed E-state index contributed by atoms with van der Waals surface area (Å²) >= 11 is 3.36. The summed E-state index contributed by atoms with van der Waals surface area (Å²) in [4.78, 5) is 18.8. The van der Waals surface area contributed by atoms with Gasteiger partial charge < -0.3 is 15.5 Å². The van der Waals surface area contributed by atoms with Gasteiger partial charge in [0.05, 0.1) is 11.9 Å². The molecule has 0 bridgehead atoms. The molecule has 1 amide bonds. The number of carbonyl (C=O) groups excluding carboxylic acids is 1. The fourth-order valence-corrected chi connectivity index (χ4v) is 2.79. The summed E-state index contributed by atoms with van der Waals surface area (Å²) in [6, 6.07) is 11.1. The largest absolute Gasteiger partial charge is 0.368 e. The van der Waals surface area contributed by atoms with Crippen molar-refractivity contribution in [2.24, 2.45) is 0 Å². The molecule has 1 fully saturated rings. The van der Waals surface area contributed by atoms with Crippen LogP contribution in [0.2, 0.25) is 0 Å². The average molecular weight is 398 g/mol. The zero-order valence-electron chi connectivity index (χ0n) is 12.5. The molecular formula is C16H18BrClN4O. The van der Waals surface area contributed by atoms with Crippen LogP contribution in [0.25, 0.3) is 0 Å². The SMILES string of the molecule is Cl.O=C(Nc1ccc(N2CCNCC2)cn1)c1cccc(Br)c1. The number of benzene rings is 1. The van der Waals surface area contributed by atoms with Crippen LogP contribution in [-0.4, -0.2) is 37.1 Å². The second-order valence-electron chi connectivity index (χ2n) is 5.10. The third kappa shape index (κ3) is 4.67.